The molecule has 1 N–H and O–H groups in total. The number of hydrogen-bond acceptors (Lipinski definition) is 3. The van der Waals surface area contributed by atoms with E-state index in [0.29, 0.717) is 10.2 Å². The van der Waals surface area contributed by atoms with E-state index in [1.807, 2.05) is 6.07 Å². The fourth-order valence-electron chi connectivity index (χ4n) is 0.843. The number of halogens is 1. The topological polar surface area (TPSA) is 56.9 Å². The summed E-state index contributed by atoms with van der Waals surface area (Å²) in [5.74, 6) is 0. The number of pyridine rings is 1. The molecule has 0 aromatic carbocycles. The Morgan fingerprint density at radius 1 is 1.75 bits per heavy atom. The molecule has 0 fully saturated rings. The summed E-state index contributed by atoms with van der Waals surface area (Å²) < 4.78 is 0.591. The van der Waals surface area contributed by atoms with Crippen LogP contribution >= 0.6 is 15.9 Å². The third kappa shape index (κ3) is 2.03. The Labute approximate surface area is 78.8 Å². The second-order valence-corrected chi connectivity index (χ2v) is 3.01. The normalized spacial score (nSPS) is 12.1. The van der Waals surface area contributed by atoms with Gasteiger partial charge in [0.1, 0.15) is 4.60 Å². The largest absolute Gasteiger partial charge is 0.387 e. The smallest absolute Gasteiger partial charge is 0.111 e. The monoisotopic (exact) mass is 226 g/mol. The molecule has 0 radical (unpaired) electrons. The highest BCUT2D eigenvalue weighted by Crippen LogP contribution is 2.22. The molecule has 0 aliphatic carbocycles. The van der Waals surface area contributed by atoms with Gasteiger partial charge in [-0.1, -0.05) is 6.07 Å². The van der Waals surface area contributed by atoms with E-state index in [4.69, 9.17) is 5.26 Å². The van der Waals surface area contributed by atoms with Crippen LogP contribution in [0.1, 0.15) is 18.1 Å². The van der Waals surface area contributed by atoms with Crippen LogP contribution in [0.3, 0.4) is 0 Å². The van der Waals surface area contributed by atoms with Gasteiger partial charge in [-0.3, -0.25) is 0 Å². The van der Waals surface area contributed by atoms with Crippen molar-refractivity contribution < 1.29 is 5.11 Å². The van der Waals surface area contributed by atoms with Crippen molar-refractivity contribution in [3.05, 3.63) is 28.5 Å². The van der Waals surface area contributed by atoms with Crippen LogP contribution in [0.5, 0.6) is 0 Å². The van der Waals surface area contributed by atoms with Gasteiger partial charge in [-0.15, -0.1) is 0 Å². The molecule has 4 heteroatoms. The van der Waals surface area contributed by atoms with E-state index in [9.17, 15) is 5.11 Å². The summed E-state index contributed by atoms with van der Waals surface area (Å²) >= 11 is 3.19. The van der Waals surface area contributed by atoms with Crippen molar-refractivity contribution in [2.24, 2.45) is 0 Å². The number of rotatable bonds is 2. The van der Waals surface area contributed by atoms with Gasteiger partial charge in [-0.2, -0.15) is 5.26 Å². The third-order valence-electron chi connectivity index (χ3n) is 1.43. The average molecular weight is 227 g/mol. The molecule has 1 heterocycles. The van der Waals surface area contributed by atoms with Crippen molar-refractivity contribution in [1.29, 1.82) is 5.26 Å². The first-order chi connectivity index (χ1) is 5.75. The number of nitriles is 1. The molecule has 1 aromatic heterocycles. The number of nitrogens with zero attached hydrogens (tertiary/aromatic N) is 2. The van der Waals surface area contributed by atoms with Crippen molar-refractivity contribution in [3.8, 4) is 6.07 Å². The van der Waals surface area contributed by atoms with Crippen LogP contribution < -0.4 is 0 Å². The summed E-state index contributed by atoms with van der Waals surface area (Å²) in [4.78, 5) is 3.93. The second kappa shape index (κ2) is 4.19. The van der Waals surface area contributed by atoms with Crippen LogP contribution in [0.2, 0.25) is 0 Å². The minimum atomic E-state index is -0.752. The average Bonchev–Trinajstić information content (AvgIpc) is 2.05. The molecule has 3 nitrogen and oxygen atoms in total. The van der Waals surface area contributed by atoms with E-state index in [2.05, 4.69) is 20.9 Å². The Morgan fingerprint density at radius 3 is 3.08 bits per heavy atom. The highest BCUT2D eigenvalue weighted by atomic mass is 79.9. The fraction of sp³-hybridized carbons (Fsp3) is 0.250. The van der Waals surface area contributed by atoms with Gasteiger partial charge < -0.3 is 5.11 Å². The summed E-state index contributed by atoms with van der Waals surface area (Å²) in [6.45, 7) is 0. The van der Waals surface area contributed by atoms with Gasteiger partial charge in [0.25, 0.3) is 0 Å². The molecular weight excluding hydrogens is 220 g/mol. The van der Waals surface area contributed by atoms with Crippen molar-refractivity contribution in [1.82, 2.24) is 4.98 Å². The zero-order valence-electron chi connectivity index (χ0n) is 6.24. The number of aromatic nitrogens is 1. The molecule has 1 rings (SSSR count). The van der Waals surface area contributed by atoms with Gasteiger partial charge in [0.2, 0.25) is 0 Å². The van der Waals surface area contributed by atoms with Gasteiger partial charge >= 0.3 is 0 Å². The fourth-order valence-corrected chi connectivity index (χ4v) is 1.36. The minimum absolute atomic E-state index is 0.0876. The zero-order chi connectivity index (χ0) is 8.97. The minimum Gasteiger partial charge on any atom is -0.387 e. The van der Waals surface area contributed by atoms with Gasteiger partial charge in [0.05, 0.1) is 18.6 Å². The summed E-state index contributed by atoms with van der Waals surface area (Å²) in [6, 6.07) is 5.35. The van der Waals surface area contributed by atoms with Gasteiger partial charge in [-0.25, -0.2) is 4.98 Å². The summed E-state index contributed by atoms with van der Waals surface area (Å²) in [5, 5.41) is 17.8. The molecule has 1 aromatic rings. The predicted molar refractivity (Wildman–Crippen MR) is 47.1 cm³/mol. The van der Waals surface area contributed by atoms with Crippen LogP contribution in [0.25, 0.3) is 0 Å². The Hall–Kier alpha value is -0.920. The van der Waals surface area contributed by atoms with Crippen LogP contribution in [0, 0.1) is 11.3 Å². The number of hydrogen-bond donors (Lipinski definition) is 1. The molecule has 1 atom stereocenters. The third-order valence-corrected chi connectivity index (χ3v) is 2.09. The van der Waals surface area contributed by atoms with Gasteiger partial charge in [-0.05, 0) is 22.0 Å². The Balaban J connectivity index is 2.88. The molecule has 0 aliphatic rings. The molecule has 0 amide bonds. The second-order valence-electron chi connectivity index (χ2n) is 2.26. The van der Waals surface area contributed by atoms with E-state index in [-0.39, 0.29) is 6.42 Å². The quantitative estimate of drug-likeness (QED) is 0.783. The standard InChI is InChI=1S/C8H7BrN2O/c9-8-6(2-1-5-11-8)7(12)3-4-10/h1-2,5,7,12H,3H2. The first-order valence-corrected chi connectivity index (χ1v) is 4.20. The number of aliphatic hydroxyl groups excluding tert-OH is 1. The zero-order valence-corrected chi connectivity index (χ0v) is 7.82. The van der Waals surface area contributed by atoms with Crippen molar-refractivity contribution >= 4 is 15.9 Å². The Kier molecular flexibility index (Phi) is 3.20. The SMILES string of the molecule is N#CCC(O)c1cccnc1Br. The van der Waals surface area contributed by atoms with Crippen LogP contribution in [-0.4, -0.2) is 10.1 Å². The lowest BCUT2D eigenvalue weighted by molar-refractivity contribution is 0.182. The van der Waals surface area contributed by atoms with E-state index < -0.39 is 6.10 Å². The molecule has 0 saturated heterocycles. The lowest BCUT2D eigenvalue weighted by Crippen LogP contribution is -1.97. The summed E-state index contributed by atoms with van der Waals surface area (Å²) in [6.07, 6.45) is 0.954. The predicted octanol–water partition coefficient (Wildman–Crippen LogP) is 1.79. The lowest BCUT2D eigenvalue weighted by Gasteiger charge is -2.06. The maximum atomic E-state index is 9.41. The van der Waals surface area contributed by atoms with E-state index in [1.54, 1.807) is 18.3 Å². The Bertz CT molecular complexity index is 308. The molecule has 0 spiro atoms. The number of aliphatic hydroxyl groups is 1. The molecule has 0 saturated carbocycles. The van der Waals surface area contributed by atoms with Gasteiger partial charge in [0.15, 0.2) is 0 Å². The van der Waals surface area contributed by atoms with Crippen LogP contribution in [-0.2, 0) is 0 Å². The maximum absolute atomic E-state index is 9.41. The molecular formula is C8H7BrN2O. The van der Waals surface area contributed by atoms with Crippen molar-refractivity contribution in [2.75, 3.05) is 0 Å². The van der Waals surface area contributed by atoms with E-state index in [1.165, 1.54) is 0 Å². The molecule has 0 aliphatic heterocycles. The van der Waals surface area contributed by atoms with Crippen molar-refractivity contribution in [3.63, 3.8) is 0 Å². The van der Waals surface area contributed by atoms with Gasteiger partial charge in [0, 0.05) is 11.8 Å². The first-order valence-electron chi connectivity index (χ1n) is 3.41. The highest BCUT2D eigenvalue weighted by Gasteiger charge is 2.10. The molecule has 1 unspecified atom stereocenters. The Morgan fingerprint density at radius 2 is 2.50 bits per heavy atom. The molecule has 62 valence electrons. The van der Waals surface area contributed by atoms with Crippen molar-refractivity contribution in [2.45, 2.75) is 12.5 Å². The lowest BCUT2D eigenvalue weighted by atomic mass is 10.1. The first kappa shape index (κ1) is 9.17. The van der Waals surface area contributed by atoms with E-state index >= 15 is 0 Å². The highest BCUT2D eigenvalue weighted by molar-refractivity contribution is 9.10. The van der Waals surface area contributed by atoms with E-state index in [0.717, 1.165) is 0 Å². The molecule has 12 heavy (non-hydrogen) atoms. The van der Waals surface area contributed by atoms with Crippen LogP contribution in [0.15, 0.2) is 22.9 Å². The summed E-state index contributed by atoms with van der Waals surface area (Å²) in [5.41, 5.74) is 0.652. The maximum Gasteiger partial charge on any atom is 0.111 e. The summed E-state index contributed by atoms with van der Waals surface area (Å²) in [7, 11) is 0. The van der Waals surface area contributed by atoms with Crippen LogP contribution in [0.4, 0.5) is 0 Å². The molecule has 0 bridgehead atoms.